The molecule has 1 aliphatic rings. The highest BCUT2D eigenvalue weighted by Crippen LogP contribution is 2.27. The Balaban J connectivity index is 1.51. The normalized spacial score (nSPS) is 18.1. The van der Waals surface area contributed by atoms with Crippen LogP contribution in [-0.2, 0) is 12.5 Å². The number of primary amides is 1. The summed E-state index contributed by atoms with van der Waals surface area (Å²) >= 11 is 0. The number of hydrogen-bond acceptors (Lipinski definition) is 8. The first-order chi connectivity index (χ1) is 17.0. The molecule has 190 valence electrons. The Bertz CT molecular complexity index is 1250. The van der Waals surface area contributed by atoms with Crippen LogP contribution >= 0.6 is 0 Å². The third kappa shape index (κ3) is 5.45. The number of rotatable bonds is 6. The molecule has 0 saturated carbocycles. The first-order valence-electron chi connectivity index (χ1n) is 12.0. The first kappa shape index (κ1) is 25.1. The zero-order valence-corrected chi connectivity index (χ0v) is 21.3. The molecule has 0 spiro atoms. The highest BCUT2D eigenvalue weighted by Gasteiger charge is 2.31. The number of nitrogens with one attached hydrogen (secondary N) is 2. The summed E-state index contributed by atoms with van der Waals surface area (Å²) in [5, 5.41) is 10.3. The van der Waals surface area contributed by atoms with Crippen molar-refractivity contribution < 1.29 is 9.59 Å². The number of nitrogens with two attached hydrogens (primary N) is 1. The van der Waals surface area contributed by atoms with Crippen molar-refractivity contribution in [3.8, 4) is 0 Å². The topological polar surface area (TPSA) is 144 Å². The summed E-state index contributed by atoms with van der Waals surface area (Å²) in [5.74, 6) is -0.0366. The molecule has 2 atom stereocenters. The molecule has 1 saturated heterocycles. The van der Waals surface area contributed by atoms with E-state index in [-0.39, 0.29) is 34.9 Å². The van der Waals surface area contributed by atoms with Gasteiger partial charge in [0.1, 0.15) is 11.5 Å². The fourth-order valence-corrected chi connectivity index (χ4v) is 4.28. The molecule has 1 aliphatic heterocycles. The van der Waals surface area contributed by atoms with Gasteiger partial charge in [-0.25, -0.2) is 9.97 Å². The maximum absolute atomic E-state index is 13.0. The summed E-state index contributed by atoms with van der Waals surface area (Å²) in [5.41, 5.74) is 7.66. The summed E-state index contributed by atoms with van der Waals surface area (Å²) < 4.78 is 1.63. The minimum Gasteiger partial charge on any atom is -0.364 e. The summed E-state index contributed by atoms with van der Waals surface area (Å²) in [7, 11) is 1.79. The monoisotopic (exact) mass is 491 g/mol. The number of piperidine rings is 1. The van der Waals surface area contributed by atoms with Crippen molar-refractivity contribution in [2.45, 2.75) is 58.0 Å². The predicted molar refractivity (Wildman–Crippen MR) is 137 cm³/mol. The second-order valence-corrected chi connectivity index (χ2v) is 10.2. The van der Waals surface area contributed by atoms with Crippen molar-refractivity contribution in [1.82, 2.24) is 30.0 Å². The molecule has 0 aliphatic carbocycles. The number of pyridine rings is 1. The van der Waals surface area contributed by atoms with Crippen molar-refractivity contribution in [2.24, 2.45) is 12.8 Å². The van der Waals surface area contributed by atoms with Crippen molar-refractivity contribution >= 4 is 29.1 Å². The van der Waals surface area contributed by atoms with E-state index in [0.29, 0.717) is 17.2 Å². The van der Waals surface area contributed by atoms with E-state index in [1.165, 1.54) is 0 Å². The number of carbonyl (C=O) groups is 2. The van der Waals surface area contributed by atoms with Crippen molar-refractivity contribution in [3.63, 3.8) is 0 Å². The lowest BCUT2D eigenvalue weighted by Gasteiger charge is -2.40. The number of aryl methyl sites for hydroxylation is 1. The van der Waals surface area contributed by atoms with Crippen molar-refractivity contribution in [3.05, 3.63) is 53.9 Å². The zero-order valence-electron chi connectivity index (χ0n) is 21.3. The molecule has 4 rings (SSSR count). The summed E-state index contributed by atoms with van der Waals surface area (Å²) in [4.78, 5) is 40.3. The molecule has 11 nitrogen and oxygen atoms in total. The molecule has 4 N–H and O–H groups in total. The van der Waals surface area contributed by atoms with E-state index < -0.39 is 5.91 Å². The first-order valence-corrected chi connectivity index (χ1v) is 12.0. The van der Waals surface area contributed by atoms with Gasteiger partial charge in [0.05, 0.1) is 18.1 Å². The lowest BCUT2D eigenvalue weighted by molar-refractivity contribution is 0.0918. The number of amides is 2. The Morgan fingerprint density at radius 1 is 1.14 bits per heavy atom. The molecule has 36 heavy (non-hydrogen) atoms. The molecule has 0 bridgehead atoms. The Hall–Kier alpha value is -4.02. The molecular weight excluding hydrogens is 458 g/mol. The number of nitrogens with zero attached hydrogens (tertiary/aromatic N) is 6. The zero-order chi connectivity index (χ0) is 26.0. The van der Waals surface area contributed by atoms with Crippen LogP contribution in [0.1, 0.15) is 67.1 Å². The Morgan fingerprint density at radius 3 is 2.53 bits per heavy atom. The molecule has 0 radical (unpaired) electrons. The molecule has 11 heteroatoms. The molecule has 0 unspecified atom stereocenters. The molecule has 4 heterocycles. The van der Waals surface area contributed by atoms with Gasteiger partial charge < -0.3 is 21.3 Å². The highest BCUT2D eigenvalue weighted by atomic mass is 16.2. The number of carbonyl (C=O) groups excluding carboxylic acids is 2. The van der Waals surface area contributed by atoms with Gasteiger partial charge in [-0.05, 0) is 36.8 Å². The van der Waals surface area contributed by atoms with Crippen LogP contribution in [0.4, 0.5) is 17.3 Å². The fourth-order valence-electron chi connectivity index (χ4n) is 4.28. The Morgan fingerprint density at radius 2 is 1.92 bits per heavy atom. The van der Waals surface area contributed by atoms with E-state index in [2.05, 4.69) is 56.4 Å². The van der Waals surface area contributed by atoms with Gasteiger partial charge in [-0.2, -0.15) is 5.10 Å². The molecule has 3 aromatic heterocycles. The standard InChI is InChI=1S/C25H33N9O2/c1-15-18(31-24(36)19-9-8-16(11-27-19)25(2,3)4)7-6-10-34(15)20-13-28-21(22(26)35)23(32-20)30-17-12-29-33(5)14-17/h8-9,11-15,18H,6-7,10H2,1-5H3,(H2,26,35)(H,30,32)(H,31,36)/t15-,18-/m1/s1. The van der Waals surface area contributed by atoms with Crippen LogP contribution < -0.4 is 21.3 Å². The van der Waals surface area contributed by atoms with Crippen molar-refractivity contribution in [1.29, 1.82) is 0 Å². The van der Waals surface area contributed by atoms with Gasteiger partial charge in [0, 0.05) is 38.1 Å². The fraction of sp³-hybridized carbons (Fsp3) is 0.440. The highest BCUT2D eigenvalue weighted by molar-refractivity contribution is 5.96. The molecule has 0 aromatic carbocycles. The van der Waals surface area contributed by atoms with E-state index in [1.807, 2.05) is 13.0 Å². The molecule has 3 aromatic rings. The maximum Gasteiger partial charge on any atom is 0.271 e. The van der Waals surface area contributed by atoms with E-state index in [4.69, 9.17) is 5.73 Å². The summed E-state index contributed by atoms with van der Waals surface area (Å²) in [6.45, 7) is 9.11. The van der Waals surface area contributed by atoms with Gasteiger partial charge >= 0.3 is 0 Å². The van der Waals surface area contributed by atoms with E-state index >= 15 is 0 Å². The second-order valence-electron chi connectivity index (χ2n) is 10.2. The van der Waals surface area contributed by atoms with Crippen LogP contribution in [0.5, 0.6) is 0 Å². The molecule has 1 fully saturated rings. The number of hydrogen-bond donors (Lipinski definition) is 3. The summed E-state index contributed by atoms with van der Waals surface area (Å²) in [6.07, 6.45) is 8.38. The Kier molecular flexibility index (Phi) is 6.91. The second kappa shape index (κ2) is 9.92. The predicted octanol–water partition coefficient (Wildman–Crippen LogP) is 2.53. The van der Waals surface area contributed by atoms with Gasteiger partial charge in [-0.1, -0.05) is 26.8 Å². The van der Waals surface area contributed by atoms with Gasteiger partial charge in [0.15, 0.2) is 11.5 Å². The van der Waals surface area contributed by atoms with E-state index in [0.717, 1.165) is 24.9 Å². The van der Waals surface area contributed by atoms with Crippen molar-refractivity contribution in [2.75, 3.05) is 16.8 Å². The minimum atomic E-state index is -0.678. The van der Waals surface area contributed by atoms with E-state index in [9.17, 15) is 9.59 Å². The minimum absolute atomic E-state index is 0.0315. The average molecular weight is 492 g/mol. The Labute approximate surface area is 210 Å². The van der Waals surface area contributed by atoms with Crippen LogP contribution in [0, 0.1) is 0 Å². The third-order valence-electron chi connectivity index (χ3n) is 6.42. The summed E-state index contributed by atoms with van der Waals surface area (Å²) in [6, 6.07) is 3.55. The van der Waals surface area contributed by atoms with Gasteiger partial charge in [0.25, 0.3) is 11.8 Å². The average Bonchev–Trinajstić information content (AvgIpc) is 3.24. The smallest absolute Gasteiger partial charge is 0.271 e. The number of aromatic nitrogens is 5. The SMILES string of the molecule is C[C@@H]1[C@H](NC(=O)c2ccc(C(C)(C)C)cn2)CCCN1c1cnc(C(N)=O)c(Nc2cnn(C)c2)n1. The van der Waals surface area contributed by atoms with Crippen LogP contribution in [0.15, 0.2) is 36.9 Å². The molecular formula is C25H33N9O2. The number of anilines is 3. The van der Waals surface area contributed by atoms with Gasteiger partial charge in [-0.3, -0.25) is 19.3 Å². The van der Waals surface area contributed by atoms with Gasteiger partial charge in [0.2, 0.25) is 0 Å². The van der Waals surface area contributed by atoms with Crippen LogP contribution in [0.25, 0.3) is 0 Å². The maximum atomic E-state index is 13.0. The van der Waals surface area contributed by atoms with E-state index in [1.54, 1.807) is 42.6 Å². The van der Waals surface area contributed by atoms with Crippen LogP contribution in [0.3, 0.4) is 0 Å². The lowest BCUT2D eigenvalue weighted by atomic mass is 9.88. The quantitative estimate of drug-likeness (QED) is 0.477. The third-order valence-corrected chi connectivity index (χ3v) is 6.42. The molecule has 2 amide bonds. The van der Waals surface area contributed by atoms with Gasteiger partial charge in [-0.15, -0.1) is 0 Å². The largest absolute Gasteiger partial charge is 0.364 e. The van der Waals surface area contributed by atoms with Crippen LogP contribution in [-0.4, -0.2) is 55.2 Å². The lowest BCUT2D eigenvalue weighted by Crippen LogP contribution is -2.54. The van der Waals surface area contributed by atoms with Crippen LogP contribution in [0.2, 0.25) is 0 Å².